The maximum Gasteiger partial charge on any atom is 0.147 e. The van der Waals surface area contributed by atoms with Crippen molar-refractivity contribution in [3.8, 4) is 0 Å². The fraction of sp³-hybridized carbons (Fsp3) is 0.538. The van der Waals surface area contributed by atoms with Crippen LogP contribution in [0, 0.1) is 6.92 Å². The maximum absolute atomic E-state index is 6.09. The minimum atomic E-state index is -0.504. The van der Waals surface area contributed by atoms with E-state index in [1.165, 1.54) is 6.33 Å². The molecule has 0 bridgehead atoms. The van der Waals surface area contributed by atoms with Gasteiger partial charge in [0.1, 0.15) is 23.9 Å². The maximum atomic E-state index is 6.09. The summed E-state index contributed by atoms with van der Waals surface area (Å²) in [5.74, 6) is 1.11. The van der Waals surface area contributed by atoms with Crippen molar-refractivity contribution in [1.29, 1.82) is 0 Å². The molecular weight excluding hydrogens is 282 g/mol. The Kier molecular flexibility index (Phi) is 4.38. The summed E-state index contributed by atoms with van der Waals surface area (Å²) in [5, 5.41) is 1.41. The number of ether oxygens (including phenoxy) is 1. The molecule has 2 aromatic rings. The summed E-state index contributed by atoms with van der Waals surface area (Å²) in [5.41, 5.74) is 1.91. The molecule has 0 aliphatic heterocycles. The van der Waals surface area contributed by atoms with Gasteiger partial charge in [-0.05, 0) is 31.3 Å². The Bertz CT molecular complexity index is 577. The number of fused-ring (bicyclic) bond motifs is 1. The van der Waals surface area contributed by atoms with Crippen molar-refractivity contribution in [2.24, 2.45) is 0 Å². The highest BCUT2D eigenvalue weighted by molar-refractivity contribution is 8.32. The number of aromatic nitrogens is 3. The van der Waals surface area contributed by atoms with Gasteiger partial charge in [0.15, 0.2) is 0 Å². The fourth-order valence-electron chi connectivity index (χ4n) is 1.84. The van der Waals surface area contributed by atoms with Gasteiger partial charge in [-0.3, -0.25) is 0 Å². The molecule has 2 rings (SSSR count). The third kappa shape index (κ3) is 3.61. The van der Waals surface area contributed by atoms with E-state index in [1.54, 1.807) is 0 Å². The zero-order valence-corrected chi connectivity index (χ0v) is 13.4. The minimum absolute atomic E-state index is 0.500. The molecule has 0 saturated heterocycles. The molecule has 0 radical (unpaired) electrons. The number of halogens is 1. The monoisotopic (exact) mass is 301 g/mol. The number of hydrogen-bond donors (Lipinski definition) is 0. The van der Waals surface area contributed by atoms with Gasteiger partial charge < -0.3 is 9.30 Å². The summed E-state index contributed by atoms with van der Waals surface area (Å²) >= 11 is 6.09. The Labute approximate surface area is 120 Å². The quantitative estimate of drug-likeness (QED) is 0.629. The molecule has 19 heavy (non-hydrogen) atoms. The average Bonchev–Trinajstić information content (AvgIpc) is 2.62. The molecule has 0 aromatic carbocycles. The van der Waals surface area contributed by atoms with E-state index in [1.807, 2.05) is 17.7 Å². The zero-order valence-electron chi connectivity index (χ0n) is 11.8. The zero-order chi connectivity index (χ0) is 14.0. The standard InChI is InChI=1S/C13H20ClN3OS/c1-10-7-17(9-18-5-6-19(2,3)4)13-11(10)12(14)15-8-16-13/h7-8H,5-6,9H2,1-4H3. The van der Waals surface area contributed by atoms with Crippen LogP contribution in [0.2, 0.25) is 5.15 Å². The number of rotatable bonds is 5. The van der Waals surface area contributed by atoms with E-state index in [2.05, 4.69) is 28.7 Å². The van der Waals surface area contributed by atoms with E-state index in [0.717, 1.165) is 29.0 Å². The van der Waals surface area contributed by atoms with E-state index in [4.69, 9.17) is 16.3 Å². The van der Waals surface area contributed by atoms with E-state index in [0.29, 0.717) is 11.9 Å². The van der Waals surface area contributed by atoms with Gasteiger partial charge in [-0.2, -0.15) is 0 Å². The second-order valence-electron chi connectivity index (χ2n) is 5.48. The van der Waals surface area contributed by atoms with Gasteiger partial charge in [-0.25, -0.2) is 20.0 Å². The molecule has 0 aliphatic carbocycles. The molecule has 0 N–H and O–H groups in total. The van der Waals surface area contributed by atoms with Crippen LogP contribution in [0.15, 0.2) is 12.5 Å². The number of nitrogens with zero attached hydrogens (tertiary/aromatic N) is 3. The highest BCUT2D eigenvalue weighted by Crippen LogP contribution is 2.33. The minimum Gasteiger partial charge on any atom is -0.360 e. The molecule has 4 nitrogen and oxygen atoms in total. The van der Waals surface area contributed by atoms with Crippen LogP contribution in [-0.4, -0.2) is 45.7 Å². The smallest absolute Gasteiger partial charge is 0.147 e. The van der Waals surface area contributed by atoms with E-state index < -0.39 is 10.0 Å². The summed E-state index contributed by atoms with van der Waals surface area (Å²) in [6.45, 7) is 3.29. The van der Waals surface area contributed by atoms with Crippen molar-refractivity contribution in [2.75, 3.05) is 31.1 Å². The number of aryl methyl sites for hydroxylation is 1. The predicted octanol–water partition coefficient (Wildman–Crippen LogP) is 3.06. The molecule has 6 heteroatoms. The third-order valence-electron chi connectivity index (χ3n) is 2.87. The molecule has 2 heterocycles. The van der Waals surface area contributed by atoms with Gasteiger partial charge >= 0.3 is 0 Å². The lowest BCUT2D eigenvalue weighted by Crippen LogP contribution is -2.09. The Hall–Kier alpha value is -0.780. The average molecular weight is 302 g/mol. The molecule has 0 saturated carbocycles. The topological polar surface area (TPSA) is 39.9 Å². The fourth-order valence-corrected chi connectivity index (χ4v) is 2.74. The van der Waals surface area contributed by atoms with Crippen molar-refractivity contribution in [3.05, 3.63) is 23.2 Å². The summed E-state index contributed by atoms with van der Waals surface area (Å²) in [4.78, 5) is 8.30. The van der Waals surface area contributed by atoms with Crippen LogP contribution in [0.4, 0.5) is 0 Å². The molecule has 0 fully saturated rings. The Morgan fingerprint density at radius 1 is 1.32 bits per heavy atom. The molecular formula is C13H20ClN3OS. The van der Waals surface area contributed by atoms with E-state index >= 15 is 0 Å². The largest absolute Gasteiger partial charge is 0.360 e. The SMILES string of the molecule is Cc1cn(COCCS(C)(C)C)c2ncnc(Cl)c12. The predicted molar refractivity (Wildman–Crippen MR) is 83.5 cm³/mol. The second kappa shape index (κ2) is 5.69. The lowest BCUT2D eigenvalue weighted by Gasteiger charge is -2.24. The van der Waals surface area contributed by atoms with Crippen molar-refractivity contribution >= 4 is 32.7 Å². The first-order valence-electron chi connectivity index (χ1n) is 6.08. The van der Waals surface area contributed by atoms with Crippen molar-refractivity contribution < 1.29 is 4.74 Å². The van der Waals surface area contributed by atoms with Crippen LogP contribution < -0.4 is 0 Å². The van der Waals surface area contributed by atoms with Crippen LogP contribution in [0.5, 0.6) is 0 Å². The summed E-state index contributed by atoms with van der Waals surface area (Å²) in [6, 6.07) is 0. The molecule has 0 unspecified atom stereocenters. The van der Waals surface area contributed by atoms with Crippen LogP contribution >= 0.6 is 21.6 Å². The molecule has 2 aromatic heterocycles. The first kappa shape index (κ1) is 14.6. The van der Waals surface area contributed by atoms with Gasteiger partial charge in [0, 0.05) is 11.9 Å². The Morgan fingerprint density at radius 2 is 2.05 bits per heavy atom. The van der Waals surface area contributed by atoms with Gasteiger partial charge in [-0.1, -0.05) is 11.6 Å². The van der Waals surface area contributed by atoms with E-state index in [-0.39, 0.29) is 0 Å². The van der Waals surface area contributed by atoms with Crippen molar-refractivity contribution in [1.82, 2.24) is 14.5 Å². The van der Waals surface area contributed by atoms with Crippen LogP contribution in [-0.2, 0) is 11.5 Å². The third-order valence-corrected chi connectivity index (χ3v) is 4.55. The van der Waals surface area contributed by atoms with Crippen molar-refractivity contribution in [2.45, 2.75) is 13.7 Å². The van der Waals surface area contributed by atoms with Crippen LogP contribution in [0.25, 0.3) is 11.0 Å². The first-order chi connectivity index (χ1) is 8.88. The molecule has 106 valence electrons. The highest BCUT2D eigenvalue weighted by Gasteiger charge is 2.11. The normalized spacial score (nSPS) is 13.1. The second-order valence-corrected chi connectivity index (χ2v) is 10.4. The summed E-state index contributed by atoms with van der Waals surface area (Å²) in [6.07, 6.45) is 10.4. The number of hydrogen-bond acceptors (Lipinski definition) is 3. The summed E-state index contributed by atoms with van der Waals surface area (Å²) in [7, 11) is -0.504. The molecule has 0 amide bonds. The van der Waals surface area contributed by atoms with Gasteiger partial charge in [0.2, 0.25) is 0 Å². The lowest BCUT2D eigenvalue weighted by molar-refractivity contribution is 0.0923. The van der Waals surface area contributed by atoms with Gasteiger partial charge in [0.25, 0.3) is 0 Å². The first-order valence-corrected chi connectivity index (χ1v) is 9.48. The van der Waals surface area contributed by atoms with Crippen LogP contribution in [0.3, 0.4) is 0 Å². The highest BCUT2D eigenvalue weighted by atomic mass is 35.5. The van der Waals surface area contributed by atoms with E-state index in [9.17, 15) is 0 Å². The van der Waals surface area contributed by atoms with Gasteiger partial charge in [0.05, 0.1) is 12.0 Å². The van der Waals surface area contributed by atoms with Gasteiger partial charge in [-0.15, -0.1) is 0 Å². The van der Waals surface area contributed by atoms with Crippen LogP contribution in [0.1, 0.15) is 5.56 Å². The van der Waals surface area contributed by atoms with Crippen molar-refractivity contribution in [3.63, 3.8) is 0 Å². The Morgan fingerprint density at radius 3 is 2.74 bits per heavy atom. The molecule has 0 spiro atoms. The Balaban J connectivity index is 2.08. The molecule has 0 atom stereocenters. The lowest BCUT2D eigenvalue weighted by atomic mass is 10.3. The summed E-state index contributed by atoms with van der Waals surface area (Å²) < 4.78 is 7.72. The molecule has 0 aliphatic rings.